The average Bonchev–Trinajstić information content (AvgIpc) is 3.26. The highest BCUT2D eigenvalue weighted by molar-refractivity contribution is 7.13. The van der Waals surface area contributed by atoms with Gasteiger partial charge in [-0.15, -0.1) is 11.3 Å². The minimum atomic E-state index is -0.315. The molecule has 114 valence electrons. The number of hydrogen-bond acceptors (Lipinski definition) is 4. The number of amides is 2. The van der Waals surface area contributed by atoms with Crippen LogP contribution in [0.15, 0.2) is 29.6 Å². The lowest BCUT2D eigenvalue weighted by atomic mass is 10.2. The van der Waals surface area contributed by atoms with Gasteiger partial charge in [-0.3, -0.25) is 20.4 Å². The molecule has 0 atom stereocenters. The van der Waals surface area contributed by atoms with Crippen molar-refractivity contribution in [2.24, 2.45) is 5.92 Å². The topological polar surface area (TPSA) is 71.1 Å². The first-order chi connectivity index (χ1) is 10.6. The van der Waals surface area contributed by atoms with Crippen molar-refractivity contribution in [3.05, 3.63) is 41.2 Å². The minimum absolute atomic E-state index is 0.0460. The first kappa shape index (κ1) is 14.6. The fourth-order valence-electron chi connectivity index (χ4n) is 1.90. The summed E-state index contributed by atoms with van der Waals surface area (Å²) in [7, 11) is 0. The van der Waals surface area contributed by atoms with Gasteiger partial charge in [0.2, 0.25) is 11.8 Å². The standard InChI is InChI=1S/C15H14FN3O2S/c16-11-5-3-10(4-6-11)15-17-12(8-22-15)7-13(20)18-19-14(21)9-1-2-9/h3-6,8-9H,1-2,7H2,(H,18,20)(H,19,21). The molecular formula is C15H14FN3O2S. The van der Waals surface area contributed by atoms with E-state index >= 15 is 0 Å². The van der Waals surface area contributed by atoms with Crippen LogP contribution in [0.5, 0.6) is 0 Å². The molecule has 3 rings (SSSR count). The van der Waals surface area contributed by atoms with Crippen LogP contribution in [0.3, 0.4) is 0 Å². The molecule has 0 aliphatic heterocycles. The smallest absolute Gasteiger partial charge is 0.244 e. The van der Waals surface area contributed by atoms with Crippen LogP contribution in [0.2, 0.25) is 0 Å². The quantitative estimate of drug-likeness (QED) is 0.847. The van der Waals surface area contributed by atoms with E-state index in [-0.39, 0.29) is 30.0 Å². The largest absolute Gasteiger partial charge is 0.273 e. The summed E-state index contributed by atoms with van der Waals surface area (Å²) in [6, 6.07) is 6.04. The molecular weight excluding hydrogens is 305 g/mol. The van der Waals surface area contributed by atoms with Gasteiger partial charge >= 0.3 is 0 Å². The highest BCUT2D eigenvalue weighted by Crippen LogP contribution is 2.28. The van der Waals surface area contributed by atoms with Crippen LogP contribution < -0.4 is 10.9 Å². The van der Waals surface area contributed by atoms with Gasteiger partial charge in [0, 0.05) is 16.9 Å². The van der Waals surface area contributed by atoms with Gasteiger partial charge in [0.1, 0.15) is 10.8 Å². The lowest BCUT2D eigenvalue weighted by molar-refractivity contribution is -0.129. The Balaban J connectivity index is 1.55. The number of aromatic nitrogens is 1. The van der Waals surface area contributed by atoms with Crippen molar-refractivity contribution in [2.45, 2.75) is 19.3 Å². The molecule has 22 heavy (non-hydrogen) atoms. The van der Waals surface area contributed by atoms with Gasteiger partial charge in [0.15, 0.2) is 0 Å². The highest BCUT2D eigenvalue weighted by atomic mass is 32.1. The van der Waals surface area contributed by atoms with E-state index in [1.165, 1.54) is 23.5 Å². The van der Waals surface area contributed by atoms with Crippen LogP contribution in [0.1, 0.15) is 18.5 Å². The maximum absolute atomic E-state index is 12.9. The number of nitrogens with one attached hydrogen (secondary N) is 2. The van der Waals surface area contributed by atoms with E-state index in [9.17, 15) is 14.0 Å². The van der Waals surface area contributed by atoms with Gasteiger partial charge in [-0.1, -0.05) is 0 Å². The molecule has 7 heteroatoms. The Kier molecular flexibility index (Phi) is 4.15. The zero-order chi connectivity index (χ0) is 15.5. The van der Waals surface area contributed by atoms with Gasteiger partial charge in [0.05, 0.1) is 12.1 Å². The Morgan fingerprint density at radius 2 is 1.95 bits per heavy atom. The van der Waals surface area contributed by atoms with E-state index in [0.717, 1.165) is 23.4 Å². The van der Waals surface area contributed by atoms with Crippen LogP contribution in [0.4, 0.5) is 4.39 Å². The maximum atomic E-state index is 12.9. The van der Waals surface area contributed by atoms with E-state index in [2.05, 4.69) is 15.8 Å². The SMILES string of the molecule is O=C(Cc1csc(-c2ccc(F)cc2)n1)NNC(=O)C1CC1. The number of carbonyl (C=O) groups excluding carboxylic acids is 2. The fraction of sp³-hybridized carbons (Fsp3) is 0.267. The normalized spacial score (nSPS) is 13.7. The number of benzene rings is 1. The summed E-state index contributed by atoms with van der Waals surface area (Å²) < 4.78 is 12.9. The van der Waals surface area contributed by atoms with E-state index in [0.29, 0.717) is 5.69 Å². The molecule has 1 aromatic carbocycles. The molecule has 0 radical (unpaired) electrons. The molecule has 1 aromatic heterocycles. The third-order valence-electron chi connectivity index (χ3n) is 3.26. The Labute approximate surface area is 130 Å². The summed E-state index contributed by atoms with van der Waals surface area (Å²) in [5.74, 6) is -0.709. The Morgan fingerprint density at radius 1 is 1.23 bits per heavy atom. The number of hydrogen-bond donors (Lipinski definition) is 2. The van der Waals surface area contributed by atoms with Gasteiger partial charge in [-0.25, -0.2) is 9.37 Å². The average molecular weight is 319 g/mol. The molecule has 0 unspecified atom stereocenters. The number of rotatable bonds is 4. The van der Waals surface area contributed by atoms with Crippen LogP contribution in [0, 0.1) is 11.7 Å². The van der Waals surface area contributed by atoms with Crippen molar-refractivity contribution in [2.75, 3.05) is 0 Å². The number of halogens is 1. The molecule has 2 amide bonds. The van der Waals surface area contributed by atoms with Crippen molar-refractivity contribution in [3.63, 3.8) is 0 Å². The Bertz CT molecular complexity index is 695. The van der Waals surface area contributed by atoms with E-state index in [4.69, 9.17) is 0 Å². The second kappa shape index (κ2) is 6.23. The van der Waals surface area contributed by atoms with Crippen LogP contribution >= 0.6 is 11.3 Å². The van der Waals surface area contributed by atoms with Gasteiger partial charge in [0.25, 0.3) is 0 Å². The Morgan fingerprint density at radius 3 is 2.64 bits per heavy atom. The first-order valence-electron chi connectivity index (χ1n) is 6.91. The number of nitrogens with zero attached hydrogens (tertiary/aromatic N) is 1. The lowest BCUT2D eigenvalue weighted by Gasteiger charge is -2.05. The number of carbonyl (C=O) groups is 2. The minimum Gasteiger partial charge on any atom is -0.273 e. The molecule has 0 bridgehead atoms. The van der Waals surface area contributed by atoms with Crippen LogP contribution in [0.25, 0.3) is 10.6 Å². The van der Waals surface area contributed by atoms with Crippen molar-refractivity contribution in [1.29, 1.82) is 0 Å². The summed E-state index contributed by atoms with van der Waals surface area (Å²) in [4.78, 5) is 27.5. The van der Waals surface area contributed by atoms with Gasteiger partial charge < -0.3 is 0 Å². The third kappa shape index (κ3) is 3.67. The molecule has 0 saturated heterocycles. The van der Waals surface area contributed by atoms with Crippen molar-refractivity contribution in [3.8, 4) is 10.6 Å². The summed E-state index contributed by atoms with van der Waals surface area (Å²) in [6.07, 6.45) is 1.85. The summed E-state index contributed by atoms with van der Waals surface area (Å²) in [5.41, 5.74) is 6.21. The van der Waals surface area contributed by atoms with Crippen molar-refractivity contribution in [1.82, 2.24) is 15.8 Å². The molecule has 1 heterocycles. The lowest BCUT2D eigenvalue weighted by Crippen LogP contribution is -2.43. The second-order valence-corrected chi connectivity index (χ2v) is 6.00. The van der Waals surface area contributed by atoms with Gasteiger partial charge in [-0.2, -0.15) is 0 Å². The third-order valence-corrected chi connectivity index (χ3v) is 4.20. The molecule has 5 nitrogen and oxygen atoms in total. The van der Waals surface area contributed by atoms with E-state index < -0.39 is 0 Å². The molecule has 1 aliphatic carbocycles. The first-order valence-corrected chi connectivity index (χ1v) is 7.79. The molecule has 2 N–H and O–H groups in total. The number of thiazole rings is 1. The number of hydrazine groups is 1. The second-order valence-electron chi connectivity index (χ2n) is 5.14. The van der Waals surface area contributed by atoms with E-state index in [1.54, 1.807) is 17.5 Å². The molecule has 1 fully saturated rings. The Hall–Kier alpha value is -2.28. The predicted octanol–water partition coefficient (Wildman–Crippen LogP) is 2.05. The molecule has 0 spiro atoms. The predicted molar refractivity (Wildman–Crippen MR) is 80.2 cm³/mol. The summed E-state index contributed by atoms with van der Waals surface area (Å²) in [5, 5.41) is 2.51. The van der Waals surface area contributed by atoms with Crippen molar-refractivity contribution < 1.29 is 14.0 Å². The maximum Gasteiger partial charge on any atom is 0.244 e. The zero-order valence-electron chi connectivity index (χ0n) is 11.6. The van der Waals surface area contributed by atoms with Crippen molar-refractivity contribution >= 4 is 23.2 Å². The molecule has 2 aromatic rings. The van der Waals surface area contributed by atoms with E-state index in [1.807, 2.05) is 0 Å². The monoisotopic (exact) mass is 319 g/mol. The zero-order valence-corrected chi connectivity index (χ0v) is 12.5. The van der Waals surface area contributed by atoms with Gasteiger partial charge in [-0.05, 0) is 37.1 Å². The molecule has 1 saturated carbocycles. The summed E-state index contributed by atoms with van der Waals surface area (Å²) >= 11 is 1.39. The molecule has 1 aliphatic rings. The summed E-state index contributed by atoms with van der Waals surface area (Å²) in [6.45, 7) is 0. The highest BCUT2D eigenvalue weighted by Gasteiger charge is 2.29. The van der Waals surface area contributed by atoms with Crippen LogP contribution in [-0.2, 0) is 16.0 Å². The van der Waals surface area contributed by atoms with Crippen LogP contribution in [-0.4, -0.2) is 16.8 Å². The fourth-order valence-corrected chi connectivity index (χ4v) is 2.73.